The van der Waals surface area contributed by atoms with Gasteiger partial charge in [0.25, 0.3) is 5.91 Å². The average Bonchev–Trinajstić information content (AvgIpc) is 2.81. The summed E-state index contributed by atoms with van der Waals surface area (Å²) in [5.74, 6) is 2.06. The molecule has 1 aliphatic heterocycles. The van der Waals surface area contributed by atoms with Gasteiger partial charge in [0.1, 0.15) is 23.2 Å². The minimum absolute atomic E-state index is 0.117. The summed E-state index contributed by atoms with van der Waals surface area (Å²) in [5, 5.41) is 0. The molecule has 124 valence electrons. The Morgan fingerprint density at radius 1 is 1.54 bits per heavy atom. The van der Waals surface area contributed by atoms with E-state index in [-0.39, 0.29) is 19.1 Å². The lowest BCUT2D eigenvalue weighted by atomic mass is 10.2. The molecule has 1 saturated heterocycles. The highest BCUT2D eigenvalue weighted by Gasteiger charge is 2.33. The molecular weight excluding hydrogens is 414 g/mol. The van der Waals surface area contributed by atoms with Crippen LogP contribution in [0.25, 0.3) is 6.08 Å². The summed E-state index contributed by atoms with van der Waals surface area (Å²) >= 11 is 9.66. The third-order valence-corrected chi connectivity index (χ3v) is 4.83. The molecule has 1 amide bonds. The Labute approximate surface area is 157 Å². The van der Waals surface area contributed by atoms with Gasteiger partial charge in [-0.15, -0.1) is 6.42 Å². The summed E-state index contributed by atoms with van der Waals surface area (Å²) in [6.07, 6.45) is 6.87. The fraction of sp³-hybridized carbons (Fsp3) is 0.188. The van der Waals surface area contributed by atoms with Gasteiger partial charge in [-0.05, 0) is 24.3 Å². The molecule has 1 heterocycles. The monoisotopic (exact) mass is 425 g/mol. The van der Waals surface area contributed by atoms with Gasteiger partial charge in [-0.25, -0.2) is 0 Å². The van der Waals surface area contributed by atoms with E-state index in [0.717, 1.165) is 16.2 Å². The molecule has 24 heavy (non-hydrogen) atoms. The van der Waals surface area contributed by atoms with Crippen LogP contribution in [0.3, 0.4) is 0 Å². The van der Waals surface area contributed by atoms with Gasteiger partial charge in [0.2, 0.25) is 0 Å². The standard InChI is InChI=1S/C16H12BrNO4S2/c1-3-6-22-12-5-4-11(17)7-10(12)8-13-15(20)18(16(23)24-13)9-14(19)21-2/h1,4-5,7-8H,6,9H2,2H3/b13-8-. The summed E-state index contributed by atoms with van der Waals surface area (Å²) in [4.78, 5) is 25.4. The molecule has 0 N–H and O–H groups in total. The van der Waals surface area contributed by atoms with Crippen molar-refractivity contribution < 1.29 is 19.1 Å². The third kappa shape index (κ3) is 4.38. The third-order valence-electron chi connectivity index (χ3n) is 2.96. The molecule has 0 unspecified atom stereocenters. The van der Waals surface area contributed by atoms with Crippen molar-refractivity contribution in [2.45, 2.75) is 0 Å². The Morgan fingerprint density at radius 2 is 2.29 bits per heavy atom. The zero-order valence-corrected chi connectivity index (χ0v) is 15.8. The largest absolute Gasteiger partial charge is 0.480 e. The van der Waals surface area contributed by atoms with E-state index in [1.165, 1.54) is 12.0 Å². The molecule has 1 aliphatic rings. The van der Waals surface area contributed by atoms with Crippen LogP contribution in [0.4, 0.5) is 0 Å². The maximum Gasteiger partial charge on any atom is 0.325 e. The highest BCUT2D eigenvalue weighted by molar-refractivity contribution is 9.10. The van der Waals surface area contributed by atoms with Gasteiger partial charge in [-0.3, -0.25) is 14.5 Å². The summed E-state index contributed by atoms with van der Waals surface area (Å²) in [6.45, 7) is -0.0940. The molecule has 5 nitrogen and oxygen atoms in total. The van der Waals surface area contributed by atoms with E-state index in [1.807, 2.05) is 6.07 Å². The number of rotatable bonds is 5. The Balaban J connectivity index is 2.30. The fourth-order valence-corrected chi connectivity index (χ4v) is 3.48. The number of methoxy groups -OCH3 is 1. The van der Waals surface area contributed by atoms with Gasteiger partial charge in [-0.1, -0.05) is 45.8 Å². The number of benzene rings is 1. The lowest BCUT2D eigenvalue weighted by Crippen LogP contribution is -2.33. The van der Waals surface area contributed by atoms with E-state index in [2.05, 4.69) is 26.6 Å². The number of esters is 1. The van der Waals surface area contributed by atoms with E-state index >= 15 is 0 Å². The molecule has 0 saturated carbocycles. The number of carbonyl (C=O) groups excluding carboxylic acids is 2. The molecule has 0 radical (unpaired) electrons. The molecule has 1 aromatic rings. The second kappa shape index (κ2) is 8.33. The van der Waals surface area contributed by atoms with E-state index in [9.17, 15) is 9.59 Å². The maximum absolute atomic E-state index is 12.4. The van der Waals surface area contributed by atoms with Crippen LogP contribution < -0.4 is 4.74 Å². The normalized spacial score (nSPS) is 15.5. The number of carbonyl (C=O) groups is 2. The number of halogens is 1. The number of thioether (sulfide) groups is 1. The molecule has 0 bridgehead atoms. The van der Waals surface area contributed by atoms with E-state index in [1.54, 1.807) is 18.2 Å². The van der Waals surface area contributed by atoms with Crippen LogP contribution >= 0.6 is 39.9 Å². The zero-order valence-electron chi connectivity index (χ0n) is 12.6. The minimum atomic E-state index is -0.534. The molecule has 0 atom stereocenters. The molecular formula is C16H12BrNO4S2. The molecule has 1 aromatic carbocycles. The first-order valence-corrected chi connectivity index (χ1v) is 8.66. The van der Waals surface area contributed by atoms with E-state index in [4.69, 9.17) is 23.4 Å². The van der Waals surface area contributed by atoms with Gasteiger partial charge >= 0.3 is 5.97 Å². The first-order valence-electron chi connectivity index (χ1n) is 6.64. The molecule has 0 aliphatic carbocycles. The smallest absolute Gasteiger partial charge is 0.325 e. The first kappa shape index (κ1) is 18.5. The Bertz CT molecular complexity index is 770. The molecule has 8 heteroatoms. The summed E-state index contributed by atoms with van der Waals surface area (Å²) < 4.78 is 11.2. The van der Waals surface area contributed by atoms with Gasteiger partial charge in [0, 0.05) is 10.0 Å². The van der Waals surface area contributed by atoms with Crippen LogP contribution in [0.5, 0.6) is 5.75 Å². The molecule has 0 aromatic heterocycles. The van der Waals surface area contributed by atoms with Crippen LogP contribution in [0, 0.1) is 12.3 Å². The highest BCUT2D eigenvalue weighted by Crippen LogP contribution is 2.35. The van der Waals surface area contributed by atoms with Crippen LogP contribution in [0.2, 0.25) is 0 Å². The Kier molecular flexibility index (Phi) is 6.43. The van der Waals surface area contributed by atoms with Crippen molar-refractivity contribution in [2.24, 2.45) is 0 Å². The van der Waals surface area contributed by atoms with Gasteiger partial charge < -0.3 is 9.47 Å². The quantitative estimate of drug-likeness (QED) is 0.313. The van der Waals surface area contributed by atoms with Crippen LogP contribution in [-0.2, 0) is 14.3 Å². The van der Waals surface area contributed by atoms with Crippen molar-refractivity contribution in [3.63, 3.8) is 0 Å². The number of thiocarbonyl (C=S) groups is 1. The minimum Gasteiger partial charge on any atom is -0.480 e. The number of hydrogen-bond acceptors (Lipinski definition) is 6. The summed E-state index contributed by atoms with van der Waals surface area (Å²) in [6, 6.07) is 5.37. The van der Waals surface area contributed by atoms with E-state index in [0.29, 0.717) is 20.5 Å². The van der Waals surface area contributed by atoms with Gasteiger partial charge in [-0.2, -0.15) is 0 Å². The first-order chi connectivity index (χ1) is 11.5. The Hall–Kier alpha value is -1.82. The predicted molar refractivity (Wildman–Crippen MR) is 100 cm³/mol. The summed E-state index contributed by atoms with van der Waals surface area (Å²) in [7, 11) is 1.26. The van der Waals surface area contributed by atoms with Gasteiger partial charge in [0.05, 0.1) is 12.0 Å². The number of amides is 1. The highest BCUT2D eigenvalue weighted by atomic mass is 79.9. The molecule has 1 fully saturated rings. The van der Waals surface area contributed by atoms with Gasteiger partial charge in [0.15, 0.2) is 0 Å². The lowest BCUT2D eigenvalue weighted by Gasteiger charge is -2.12. The van der Waals surface area contributed by atoms with Crippen molar-refractivity contribution >= 4 is 62.2 Å². The number of hydrogen-bond donors (Lipinski definition) is 0. The number of terminal acetylenes is 1. The average molecular weight is 426 g/mol. The molecule has 0 spiro atoms. The fourth-order valence-electron chi connectivity index (χ4n) is 1.85. The lowest BCUT2D eigenvalue weighted by molar-refractivity contribution is -0.143. The van der Waals surface area contributed by atoms with Crippen LogP contribution in [0.15, 0.2) is 27.6 Å². The second-order valence-corrected chi connectivity index (χ2v) is 7.11. The van der Waals surface area contributed by atoms with Crippen LogP contribution in [-0.4, -0.2) is 41.4 Å². The number of nitrogens with zero attached hydrogens (tertiary/aromatic N) is 1. The topological polar surface area (TPSA) is 55.8 Å². The van der Waals surface area contributed by atoms with Crippen molar-refractivity contribution in [3.8, 4) is 18.1 Å². The maximum atomic E-state index is 12.4. The predicted octanol–water partition coefficient (Wildman–Crippen LogP) is 2.84. The number of ether oxygens (including phenoxy) is 2. The second-order valence-electron chi connectivity index (χ2n) is 4.52. The summed E-state index contributed by atoms with van der Waals surface area (Å²) in [5.41, 5.74) is 0.679. The van der Waals surface area contributed by atoms with Crippen molar-refractivity contribution in [2.75, 3.05) is 20.3 Å². The van der Waals surface area contributed by atoms with Crippen molar-refractivity contribution in [1.82, 2.24) is 4.90 Å². The van der Waals surface area contributed by atoms with E-state index < -0.39 is 5.97 Å². The Morgan fingerprint density at radius 3 is 2.96 bits per heavy atom. The van der Waals surface area contributed by atoms with Crippen molar-refractivity contribution in [1.29, 1.82) is 0 Å². The SMILES string of the molecule is C#CCOc1ccc(Br)cc1/C=C1\SC(=S)N(CC(=O)OC)C1=O. The van der Waals surface area contributed by atoms with Crippen LogP contribution in [0.1, 0.15) is 5.56 Å². The molecule has 2 rings (SSSR count). The zero-order chi connectivity index (χ0) is 17.7. The van der Waals surface area contributed by atoms with Crippen molar-refractivity contribution in [3.05, 3.63) is 33.1 Å².